The predicted molar refractivity (Wildman–Crippen MR) is 185 cm³/mol. The second kappa shape index (κ2) is 14.1. The van der Waals surface area contributed by atoms with Gasteiger partial charge in [0.25, 0.3) is 5.91 Å². The second-order valence-electron chi connectivity index (χ2n) is 14.8. The van der Waals surface area contributed by atoms with Crippen molar-refractivity contribution in [2.45, 2.75) is 81.7 Å². The van der Waals surface area contributed by atoms with E-state index >= 15 is 0 Å². The van der Waals surface area contributed by atoms with Crippen molar-refractivity contribution in [3.63, 3.8) is 0 Å². The number of hydrogen-bond donors (Lipinski definition) is 1. The first kappa shape index (κ1) is 34.1. The summed E-state index contributed by atoms with van der Waals surface area (Å²) in [6, 6.07) is 11.6. The molecule has 1 amide bonds. The highest BCUT2D eigenvalue weighted by Crippen LogP contribution is 2.49. The number of sulfonamides is 1. The van der Waals surface area contributed by atoms with Crippen LogP contribution in [0.5, 0.6) is 5.75 Å². The first-order valence-corrected chi connectivity index (χ1v) is 19.7. The first-order valence-electron chi connectivity index (χ1n) is 17.8. The Bertz CT molecular complexity index is 1600. The molecule has 0 radical (unpaired) electrons. The van der Waals surface area contributed by atoms with Crippen LogP contribution in [0.15, 0.2) is 36.4 Å². The lowest BCUT2D eigenvalue weighted by Gasteiger charge is -2.48. The average molecular weight is 701 g/mol. The summed E-state index contributed by atoms with van der Waals surface area (Å²) in [6.07, 6.45) is 8.32. The summed E-state index contributed by atoms with van der Waals surface area (Å²) in [5.74, 6) is 0.928. The molecule has 9 nitrogen and oxygen atoms in total. The van der Waals surface area contributed by atoms with Crippen molar-refractivity contribution >= 4 is 33.2 Å². The van der Waals surface area contributed by atoms with Gasteiger partial charge in [0.1, 0.15) is 11.0 Å². The Kier molecular flexibility index (Phi) is 10.0. The molecule has 1 saturated carbocycles. The molecular formula is C37H49ClN2O7S. The molecule has 11 heteroatoms. The van der Waals surface area contributed by atoms with Crippen molar-refractivity contribution in [1.29, 1.82) is 0 Å². The molecule has 5 aliphatic rings. The van der Waals surface area contributed by atoms with Crippen LogP contribution in [0.2, 0.25) is 5.02 Å². The molecule has 2 aromatic carbocycles. The minimum absolute atomic E-state index is 0.00727. The zero-order chi connectivity index (χ0) is 33.5. The molecule has 3 aliphatic heterocycles. The zero-order valence-corrected chi connectivity index (χ0v) is 29.7. The van der Waals surface area contributed by atoms with E-state index in [1.807, 2.05) is 25.1 Å². The number of amides is 1. The largest absolute Gasteiger partial charge is 0.490 e. The molecule has 2 fully saturated rings. The van der Waals surface area contributed by atoms with Gasteiger partial charge in [-0.25, -0.2) is 13.1 Å². The summed E-state index contributed by atoms with van der Waals surface area (Å²) in [4.78, 5) is 16.1. The molecule has 7 rings (SSSR count). The topological polar surface area (TPSA) is 103 Å². The maximum Gasteiger partial charge on any atom is 0.264 e. The van der Waals surface area contributed by atoms with E-state index in [0.717, 1.165) is 75.2 Å². The third-order valence-electron chi connectivity index (χ3n) is 11.8. The Morgan fingerprint density at radius 2 is 1.85 bits per heavy atom. The quantitative estimate of drug-likeness (QED) is 0.409. The Labute approximate surface area is 290 Å². The van der Waals surface area contributed by atoms with E-state index in [1.54, 1.807) is 6.07 Å². The molecule has 48 heavy (non-hydrogen) atoms. The summed E-state index contributed by atoms with van der Waals surface area (Å²) in [6.45, 7) is 5.41. The third kappa shape index (κ3) is 6.72. The summed E-state index contributed by atoms with van der Waals surface area (Å²) in [5.41, 5.74) is 3.44. The van der Waals surface area contributed by atoms with Gasteiger partial charge in [0.2, 0.25) is 10.0 Å². The number of carbonyl (C=O) groups excluding carboxylic acids is 1. The van der Waals surface area contributed by atoms with E-state index in [1.165, 1.54) is 18.2 Å². The van der Waals surface area contributed by atoms with E-state index in [4.69, 9.17) is 30.5 Å². The number of aryl methyl sites for hydroxylation is 1. The normalized spacial score (nSPS) is 32.6. The molecule has 262 valence electrons. The fourth-order valence-corrected chi connectivity index (χ4v) is 10.9. The highest BCUT2D eigenvalue weighted by Gasteiger charge is 2.46. The summed E-state index contributed by atoms with van der Waals surface area (Å²) in [7, 11) is -2.53. The molecule has 0 aromatic heterocycles. The summed E-state index contributed by atoms with van der Waals surface area (Å²) in [5, 5.41) is -0.117. The molecule has 1 saturated heterocycles. The molecule has 3 heterocycles. The van der Waals surface area contributed by atoms with Gasteiger partial charge in [0.15, 0.2) is 6.29 Å². The van der Waals surface area contributed by atoms with Gasteiger partial charge in [0, 0.05) is 42.1 Å². The second-order valence-corrected chi connectivity index (χ2v) is 17.1. The molecule has 2 aliphatic carbocycles. The average Bonchev–Trinajstić information content (AvgIpc) is 3.21. The van der Waals surface area contributed by atoms with Gasteiger partial charge in [-0.05, 0) is 111 Å². The van der Waals surface area contributed by atoms with Crippen LogP contribution in [0.1, 0.15) is 79.8 Å². The van der Waals surface area contributed by atoms with Crippen LogP contribution in [-0.2, 0) is 36.1 Å². The van der Waals surface area contributed by atoms with Gasteiger partial charge < -0.3 is 23.8 Å². The monoisotopic (exact) mass is 700 g/mol. The maximum absolute atomic E-state index is 13.7. The number of hydrogen-bond acceptors (Lipinski definition) is 8. The number of rotatable bonds is 3. The third-order valence-corrected chi connectivity index (χ3v) is 13.9. The first-order chi connectivity index (χ1) is 23.2. The van der Waals surface area contributed by atoms with Crippen molar-refractivity contribution in [1.82, 2.24) is 4.72 Å². The lowest BCUT2D eigenvalue weighted by atomic mass is 9.64. The van der Waals surface area contributed by atoms with Crippen LogP contribution in [0.25, 0.3) is 0 Å². The molecule has 1 spiro atoms. The number of fused-ring (bicyclic) bond motifs is 4. The summed E-state index contributed by atoms with van der Waals surface area (Å²) < 4.78 is 54.4. The van der Waals surface area contributed by atoms with Gasteiger partial charge >= 0.3 is 0 Å². The van der Waals surface area contributed by atoms with Crippen LogP contribution in [0.3, 0.4) is 0 Å². The number of anilines is 1. The Balaban J connectivity index is 1.29. The van der Waals surface area contributed by atoms with Crippen molar-refractivity contribution in [3.8, 4) is 5.75 Å². The van der Waals surface area contributed by atoms with Crippen LogP contribution >= 0.6 is 11.6 Å². The summed E-state index contributed by atoms with van der Waals surface area (Å²) >= 11 is 6.46. The number of benzene rings is 2. The van der Waals surface area contributed by atoms with Gasteiger partial charge in [-0.15, -0.1) is 0 Å². The van der Waals surface area contributed by atoms with Gasteiger partial charge in [-0.2, -0.15) is 0 Å². The number of nitrogens with zero attached hydrogens (tertiary/aromatic N) is 1. The molecule has 2 bridgehead atoms. The Morgan fingerprint density at radius 1 is 1.02 bits per heavy atom. The number of ether oxygens (including phenoxy) is 4. The van der Waals surface area contributed by atoms with E-state index in [9.17, 15) is 13.2 Å². The SMILES string of the molecule is COC[C@@H]1[C@@H](C)CCC[C@H](C2OCCCO2)[C@@H]2CC[C@H]2CN2C[C@@]3(CCCc4cc(Cl)ccc43)COc3ccc(cc32)C(=O)NS1(=O)=O. The van der Waals surface area contributed by atoms with E-state index in [2.05, 4.69) is 21.8 Å². The van der Waals surface area contributed by atoms with Crippen molar-refractivity contribution in [2.24, 2.45) is 23.7 Å². The van der Waals surface area contributed by atoms with Gasteiger partial charge in [0.05, 0.1) is 32.1 Å². The van der Waals surface area contributed by atoms with Crippen molar-refractivity contribution in [3.05, 3.63) is 58.1 Å². The predicted octanol–water partition coefficient (Wildman–Crippen LogP) is 6.11. The fraction of sp³-hybridized carbons (Fsp3) is 0.649. The highest BCUT2D eigenvalue weighted by atomic mass is 35.5. The molecular weight excluding hydrogens is 652 g/mol. The highest BCUT2D eigenvalue weighted by molar-refractivity contribution is 7.90. The van der Waals surface area contributed by atoms with Gasteiger partial charge in [-0.3, -0.25) is 4.79 Å². The number of nitrogens with one attached hydrogen (secondary N) is 1. The molecule has 6 atom stereocenters. The fourth-order valence-electron chi connectivity index (χ4n) is 9.08. The lowest BCUT2D eigenvalue weighted by molar-refractivity contribution is -0.224. The van der Waals surface area contributed by atoms with Crippen LogP contribution in [-0.4, -0.2) is 72.5 Å². The Morgan fingerprint density at radius 3 is 2.62 bits per heavy atom. The van der Waals surface area contributed by atoms with Crippen LogP contribution in [0.4, 0.5) is 5.69 Å². The minimum atomic E-state index is -4.03. The van der Waals surface area contributed by atoms with Crippen molar-refractivity contribution in [2.75, 3.05) is 51.5 Å². The van der Waals surface area contributed by atoms with E-state index in [-0.39, 0.29) is 30.1 Å². The van der Waals surface area contributed by atoms with Gasteiger partial charge in [-0.1, -0.05) is 31.0 Å². The standard InChI is InChI=1S/C37H49ClN2O7S/c1-24-6-3-8-30(36-45-16-5-17-46-36)29-12-9-27(29)20-40-22-37(15-4-7-25-18-28(38)11-13-31(25)37)23-47-33-14-10-26(19-32(33)40)35(41)39-48(42,43)34(24)21-44-2/h10-11,13-14,18-19,24,27,29-30,34,36H,3-9,12,15-17,20-23H2,1-2H3,(H,39,41)/t24-,27-,29+,30-,34+,37-/m0/s1. The zero-order valence-electron chi connectivity index (χ0n) is 28.1. The van der Waals surface area contributed by atoms with Crippen LogP contribution < -0.4 is 14.4 Å². The number of halogens is 1. The van der Waals surface area contributed by atoms with Crippen molar-refractivity contribution < 1.29 is 32.2 Å². The Hall–Kier alpha value is -2.37. The van der Waals surface area contributed by atoms with E-state index < -0.39 is 21.2 Å². The lowest BCUT2D eigenvalue weighted by Crippen LogP contribution is -2.50. The smallest absolute Gasteiger partial charge is 0.264 e. The molecule has 1 N–H and O–H groups in total. The minimum Gasteiger partial charge on any atom is -0.490 e. The number of methoxy groups -OCH3 is 1. The molecule has 0 unspecified atom stereocenters. The molecule has 2 aromatic rings. The maximum atomic E-state index is 13.7. The number of carbonyl (C=O) groups is 1. The van der Waals surface area contributed by atoms with Crippen LogP contribution in [0, 0.1) is 23.7 Å². The van der Waals surface area contributed by atoms with E-state index in [0.29, 0.717) is 49.4 Å².